The van der Waals surface area contributed by atoms with Crippen LogP contribution < -0.4 is 0 Å². The van der Waals surface area contributed by atoms with Crippen LogP contribution in [-0.4, -0.2) is 18.1 Å². The average Bonchev–Trinajstić information content (AvgIpc) is 2.65. The third kappa shape index (κ3) is 1.24. The largest absolute Gasteiger partial charge is 0.464 e. The summed E-state index contributed by atoms with van der Waals surface area (Å²) in [7, 11) is 1.42. The number of methoxy groups -OCH3 is 1. The molecule has 1 N–H and O–H groups in total. The molecule has 1 aromatic rings. The second-order valence-corrected chi connectivity index (χ2v) is 4.95. The van der Waals surface area contributed by atoms with E-state index in [1.165, 1.54) is 31.2 Å². The summed E-state index contributed by atoms with van der Waals surface area (Å²) < 4.78 is 4.73. The number of aromatic nitrogens is 1. The molecule has 1 aromatic heterocycles. The van der Waals surface area contributed by atoms with E-state index in [1.807, 2.05) is 6.07 Å². The zero-order chi connectivity index (χ0) is 11.3. The third-order valence-corrected chi connectivity index (χ3v) is 4.09. The number of aromatic amines is 1. The Morgan fingerprint density at radius 1 is 1.62 bits per heavy atom. The van der Waals surface area contributed by atoms with Crippen LogP contribution in [0, 0.1) is 11.8 Å². The van der Waals surface area contributed by atoms with Gasteiger partial charge in [-0.1, -0.05) is 13.3 Å². The summed E-state index contributed by atoms with van der Waals surface area (Å²) in [6.45, 7) is 2.24. The molecule has 0 spiro atoms. The maximum atomic E-state index is 11.4. The Morgan fingerprint density at radius 2 is 2.44 bits per heavy atom. The van der Waals surface area contributed by atoms with Crippen LogP contribution in [0.1, 0.15) is 47.4 Å². The lowest BCUT2D eigenvalue weighted by molar-refractivity contribution is 0.0594. The van der Waals surface area contributed by atoms with E-state index in [1.54, 1.807) is 0 Å². The van der Waals surface area contributed by atoms with E-state index in [0.29, 0.717) is 5.69 Å². The normalized spacial score (nSPS) is 29.8. The highest BCUT2D eigenvalue weighted by molar-refractivity contribution is 5.88. The maximum absolute atomic E-state index is 11.4. The molecule has 1 saturated carbocycles. The molecule has 3 atom stereocenters. The molecule has 0 saturated heterocycles. The van der Waals surface area contributed by atoms with Crippen molar-refractivity contribution in [1.82, 2.24) is 4.98 Å². The fourth-order valence-electron chi connectivity index (χ4n) is 3.35. The summed E-state index contributed by atoms with van der Waals surface area (Å²) in [5.74, 6) is 2.20. The lowest BCUT2D eigenvalue weighted by Gasteiger charge is -2.00. The molecule has 0 bridgehead atoms. The number of ether oxygens (including phenoxy) is 1. The minimum absolute atomic E-state index is 0.251. The van der Waals surface area contributed by atoms with Crippen LogP contribution in [0.4, 0.5) is 0 Å². The Kier molecular flexibility index (Phi) is 2.09. The maximum Gasteiger partial charge on any atom is 0.354 e. The number of rotatable bonds is 3. The first-order valence-corrected chi connectivity index (χ1v) is 6.06. The molecule has 0 aromatic carbocycles. The van der Waals surface area contributed by atoms with Crippen LogP contribution in [-0.2, 0) is 11.2 Å². The smallest absolute Gasteiger partial charge is 0.354 e. The van der Waals surface area contributed by atoms with Crippen LogP contribution in [0.5, 0.6) is 0 Å². The first-order chi connectivity index (χ1) is 7.76. The van der Waals surface area contributed by atoms with Gasteiger partial charge in [0.1, 0.15) is 5.69 Å². The molecule has 0 radical (unpaired) electrons. The number of esters is 1. The van der Waals surface area contributed by atoms with E-state index in [2.05, 4.69) is 11.9 Å². The molecule has 2 aliphatic carbocycles. The van der Waals surface area contributed by atoms with Gasteiger partial charge in [-0.2, -0.15) is 0 Å². The molecule has 2 aliphatic rings. The number of carbonyl (C=O) groups is 1. The number of hydrogen-bond acceptors (Lipinski definition) is 2. The van der Waals surface area contributed by atoms with Gasteiger partial charge in [-0.05, 0) is 42.2 Å². The van der Waals surface area contributed by atoms with Crippen LogP contribution in [0.25, 0.3) is 0 Å². The molecule has 3 rings (SSSR count). The van der Waals surface area contributed by atoms with Crippen molar-refractivity contribution >= 4 is 5.97 Å². The molecule has 3 nitrogen and oxygen atoms in total. The van der Waals surface area contributed by atoms with Crippen molar-refractivity contribution < 1.29 is 9.53 Å². The van der Waals surface area contributed by atoms with Gasteiger partial charge in [-0.3, -0.25) is 0 Å². The van der Waals surface area contributed by atoms with Crippen molar-refractivity contribution in [2.24, 2.45) is 11.8 Å². The number of H-pyrrole nitrogens is 1. The van der Waals surface area contributed by atoms with Crippen molar-refractivity contribution in [2.45, 2.75) is 32.1 Å². The van der Waals surface area contributed by atoms with Gasteiger partial charge >= 0.3 is 5.97 Å². The van der Waals surface area contributed by atoms with E-state index in [9.17, 15) is 4.79 Å². The number of carbonyl (C=O) groups excluding carboxylic acids is 1. The fraction of sp³-hybridized carbons (Fsp3) is 0.615. The predicted octanol–water partition coefficient (Wildman–Crippen LogP) is 2.49. The van der Waals surface area contributed by atoms with Crippen molar-refractivity contribution in [3.8, 4) is 0 Å². The van der Waals surface area contributed by atoms with Crippen molar-refractivity contribution in [3.05, 3.63) is 23.0 Å². The standard InChI is InChI=1S/C13H17NO2/c1-3-4-7-8-5-10-9(12(7)8)6-11(14-10)13(15)16-2/h6-8,12,14H,3-5H2,1-2H3/t7-,8-,12+/m1/s1. The van der Waals surface area contributed by atoms with Crippen LogP contribution >= 0.6 is 0 Å². The summed E-state index contributed by atoms with van der Waals surface area (Å²) in [5, 5.41) is 0. The summed E-state index contributed by atoms with van der Waals surface area (Å²) in [6.07, 6.45) is 3.72. The summed E-state index contributed by atoms with van der Waals surface area (Å²) in [4.78, 5) is 14.6. The minimum Gasteiger partial charge on any atom is -0.464 e. The molecule has 0 amide bonds. The van der Waals surface area contributed by atoms with Gasteiger partial charge in [0.15, 0.2) is 0 Å². The van der Waals surface area contributed by atoms with Gasteiger partial charge < -0.3 is 9.72 Å². The monoisotopic (exact) mass is 219 g/mol. The van der Waals surface area contributed by atoms with Crippen LogP contribution in [0.2, 0.25) is 0 Å². The van der Waals surface area contributed by atoms with Gasteiger partial charge in [0, 0.05) is 5.69 Å². The summed E-state index contributed by atoms with van der Waals surface area (Å²) in [6, 6.07) is 2.00. The van der Waals surface area contributed by atoms with Gasteiger partial charge in [0.05, 0.1) is 7.11 Å². The first-order valence-electron chi connectivity index (χ1n) is 6.06. The molecular formula is C13H17NO2. The molecule has 16 heavy (non-hydrogen) atoms. The van der Waals surface area contributed by atoms with Gasteiger partial charge in [-0.15, -0.1) is 0 Å². The molecule has 3 heteroatoms. The van der Waals surface area contributed by atoms with Gasteiger partial charge in [0.25, 0.3) is 0 Å². The van der Waals surface area contributed by atoms with E-state index in [4.69, 9.17) is 4.74 Å². The molecule has 0 unspecified atom stereocenters. The summed E-state index contributed by atoms with van der Waals surface area (Å²) in [5.41, 5.74) is 3.26. The summed E-state index contributed by atoms with van der Waals surface area (Å²) >= 11 is 0. The molecular weight excluding hydrogens is 202 g/mol. The highest BCUT2D eigenvalue weighted by Crippen LogP contribution is 2.63. The quantitative estimate of drug-likeness (QED) is 0.793. The minimum atomic E-state index is -0.251. The zero-order valence-corrected chi connectivity index (χ0v) is 9.75. The number of fused-ring (bicyclic) bond motifs is 3. The Labute approximate surface area is 95.2 Å². The lowest BCUT2D eigenvalue weighted by atomic mass is 10.1. The number of nitrogens with one attached hydrogen (secondary N) is 1. The average molecular weight is 219 g/mol. The van der Waals surface area contributed by atoms with E-state index >= 15 is 0 Å². The predicted molar refractivity (Wildman–Crippen MR) is 60.5 cm³/mol. The molecule has 1 heterocycles. The second kappa shape index (κ2) is 3.37. The van der Waals surface area contributed by atoms with Gasteiger partial charge in [0.2, 0.25) is 0 Å². The van der Waals surface area contributed by atoms with E-state index in [-0.39, 0.29) is 5.97 Å². The fourth-order valence-corrected chi connectivity index (χ4v) is 3.35. The zero-order valence-electron chi connectivity index (χ0n) is 9.75. The van der Waals surface area contributed by atoms with Crippen molar-refractivity contribution in [2.75, 3.05) is 7.11 Å². The lowest BCUT2D eigenvalue weighted by Crippen LogP contribution is -2.01. The molecule has 0 aliphatic heterocycles. The van der Waals surface area contributed by atoms with Crippen molar-refractivity contribution in [1.29, 1.82) is 0 Å². The van der Waals surface area contributed by atoms with Gasteiger partial charge in [-0.25, -0.2) is 4.79 Å². The SMILES string of the molecule is CCC[C@@H]1[C@H]2Cc3[nH]c(C(=O)OC)cc3[C@@H]12. The Bertz CT molecular complexity index is 435. The third-order valence-electron chi connectivity index (χ3n) is 4.09. The van der Waals surface area contributed by atoms with E-state index < -0.39 is 0 Å². The van der Waals surface area contributed by atoms with E-state index in [0.717, 1.165) is 24.2 Å². The molecule has 1 fully saturated rings. The van der Waals surface area contributed by atoms with Crippen molar-refractivity contribution in [3.63, 3.8) is 0 Å². The Balaban J connectivity index is 1.82. The Morgan fingerprint density at radius 3 is 3.12 bits per heavy atom. The second-order valence-electron chi connectivity index (χ2n) is 4.95. The Hall–Kier alpha value is -1.25. The first kappa shape index (κ1) is 9.94. The van der Waals surface area contributed by atoms with Crippen LogP contribution in [0.3, 0.4) is 0 Å². The highest BCUT2D eigenvalue weighted by atomic mass is 16.5. The number of hydrogen-bond donors (Lipinski definition) is 1. The topological polar surface area (TPSA) is 42.1 Å². The molecule has 86 valence electrons. The van der Waals surface area contributed by atoms with Crippen LogP contribution in [0.15, 0.2) is 6.07 Å². The highest BCUT2D eigenvalue weighted by Gasteiger charge is 2.55.